The smallest absolute Gasteiger partial charge is 0.356 e. The van der Waals surface area contributed by atoms with Gasteiger partial charge in [-0.1, -0.05) is 15.9 Å². The van der Waals surface area contributed by atoms with Gasteiger partial charge in [-0.15, -0.1) is 0 Å². The second-order valence-electron chi connectivity index (χ2n) is 5.14. The topological polar surface area (TPSA) is 96.0 Å². The van der Waals surface area contributed by atoms with Gasteiger partial charge in [0.05, 0.1) is 18.4 Å². The molecule has 0 aromatic heterocycles. The number of nitrogens with one attached hydrogen (secondary N) is 1. The maximum atomic E-state index is 12.7. The molecule has 2 aliphatic heterocycles. The number of carbonyl (C=O) groups is 4. The van der Waals surface area contributed by atoms with Gasteiger partial charge in [0.1, 0.15) is 0 Å². The summed E-state index contributed by atoms with van der Waals surface area (Å²) in [7, 11) is 1.15. The summed E-state index contributed by atoms with van der Waals surface area (Å²) in [4.78, 5) is 50.1. The second-order valence-corrected chi connectivity index (χ2v) is 6.05. The van der Waals surface area contributed by atoms with Crippen molar-refractivity contribution in [1.82, 2.24) is 10.4 Å². The van der Waals surface area contributed by atoms with Crippen LogP contribution in [0.3, 0.4) is 0 Å². The molecule has 1 fully saturated rings. The van der Waals surface area contributed by atoms with Gasteiger partial charge in [0.25, 0.3) is 11.8 Å². The van der Waals surface area contributed by atoms with E-state index in [0.717, 1.165) is 21.5 Å². The number of amides is 3. The van der Waals surface area contributed by atoms with Crippen LogP contribution in [0.5, 0.6) is 0 Å². The maximum Gasteiger partial charge on any atom is 0.356 e. The summed E-state index contributed by atoms with van der Waals surface area (Å²) in [6.07, 6.45) is 0. The lowest BCUT2D eigenvalue weighted by Crippen LogP contribution is -2.48. The quantitative estimate of drug-likeness (QED) is 0.579. The molecule has 0 spiro atoms. The van der Waals surface area contributed by atoms with Gasteiger partial charge >= 0.3 is 5.97 Å². The van der Waals surface area contributed by atoms with Gasteiger partial charge < -0.3 is 4.74 Å². The SMILES string of the molecule is COC(=O)C1=C2C(=O)N(c3ccc(Br)cc3)C(=O)[C@@H]2N(C(C)=O)N1. The number of hydrogen-bond donors (Lipinski definition) is 1. The van der Waals surface area contributed by atoms with Gasteiger partial charge in [0.15, 0.2) is 11.7 Å². The number of hydrazine groups is 1. The van der Waals surface area contributed by atoms with Crippen LogP contribution in [0.4, 0.5) is 5.69 Å². The first-order chi connectivity index (χ1) is 11.4. The summed E-state index contributed by atoms with van der Waals surface area (Å²) in [5.74, 6) is -2.60. The van der Waals surface area contributed by atoms with E-state index >= 15 is 0 Å². The number of nitrogens with zero attached hydrogens (tertiary/aromatic N) is 2. The molecule has 9 heteroatoms. The minimum Gasteiger partial charge on any atom is -0.464 e. The van der Waals surface area contributed by atoms with Gasteiger partial charge in [-0.05, 0) is 24.3 Å². The highest BCUT2D eigenvalue weighted by Crippen LogP contribution is 2.34. The lowest BCUT2D eigenvalue weighted by molar-refractivity contribution is -0.140. The molecule has 0 radical (unpaired) electrons. The van der Waals surface area contributed by atoms with Crippen molar-refractivity contribution in [2.24, 2.45) is 0 Å². The third-order valence-corrected chi connectivity index (χ3v) is 4.26. The first-order valence-corrected chi connectivity index (χ1v) is 7.69. The summed E-state index contributed by atoms with van der Waals surface area (Å²) in [6, 6.07) is 5.35. The number of benzene rings is 1. The lowest BCUT2D eigenvalue weighted by Gasteiger charge is -2.22. The van der Waals surface area contributed by atoms with E-state index in [0.29, 0.717) is 5.69 Å². The number of methoxy groups -OCH3 is 1. The van der Waals surface area contributed by atoms with Crippen LogP contribution in [0.1, 0.15) is 6.92 Å². The fourth-order valence-corrected chi connectivity index (χ4v) is 2.93. The predicted octanol–water partition coefficient (Wildman–Crippen LogP) is 0.485. The fourth-order valence-electron chi connectivity index (χ4n) is 2.66. The standard InChI is InChI=1S/C15H12BrN3O5/c1-7(20)19-12-10(11(17-19)15(23)24-2)13(21)18(14(12)22)9-5-3-8(16)4-6-9/h3-6,12,17H,1-2H3/t12-/m1/s1. The normalized spacial score (nSPS) is 19.5. The van der Waals surface area contributed by atoms with Crippen LogP contribution in [-0.2, 0) is 23.9 Å². The Bertz CT molecular complexity index is 802. The molecule has 0 unspecified atom stereocenters. The summed E-state index contributed by atoms with van der Waals surface area (Å²) in [5, 5.41) is 0.959. The fraction of sp³-hybridized carbons (Fsp3) is 0.200. The molecule has 2 aliphatic rings. The van der Waals surface area contributed by atoms with Crippen LogP contribution >= 0.6 is 15.9 Å². The van der Waals surface area contributed by atoms with E-state index in [1.165, 1.54) is 6.92 Å². The molecule has 1 atom stereocenters. The molecule has 8 nitrogen and oxygen atoms in total. The Balaban J connectivity index is 2.11. The van der Waals surface area contributed by atoms with E-state index in [2.05, 4.69) is 26.1 Å². The van der Waals surface area contributed by atoms with Crippen LogP contribution < -0.4 is 10.3 Å². The van der Waals surface area contributed by atoms with E-state index < -0.39 is 29.7 Å². The van der Waals surface area contributed by atoms with Crippen LogP contribution in [0.15, 0.2) is 40.0 Å². The molecule has 1 aromatic carbocycles. The molecule has 0 saturated carbocycles. The minimum atomic E-state index is -1.19. The third kappa shape index (κ3) is 2.28. The Morgan fingerprint density at radius 1 is 1.21 bits per heavy atom. The summed E-state index contributed by atoms with van der Waals surface area (Å²) >= 11 is 3.28. The molecular weight excluding hydrogens is 382 g/mol. The molecule has 1 aromatic rings. The van der Waals surface area contributed by atoms with Crippen molar-refractivity contribution in [3.8, 4) is 0 Å². The average Bonchev–Trinajstić information content (AvgIpc) is 3.06. The average molecular weight is 394 g/mol. The van der Waals surface area contributed by atoms with E-state index in [1.54, 1.807) is 24.3 Å². The zero-order valence-electron chi connectivity index (χ0n) is 12.7. The molecule has 1 saturated heterocycles. The summed E-state index contributed by atoms with van der Waals surface area (Å²) in [6.45, 7) is 1.23. The van der Waals surface area contributed by atoms with E-state index in [-0.39, 0.29) is 11.3 Å². The van der Waals surface area contributed by atoms with Crippen LogP contribution in [-0.4, -0.2) is 41.9 Å². The third-order valence-electron chi connectivity index (χ3n) is 3.73. The van der Waals surface area contributed by atoms with Crippen molar-refractivity contribution in [3.05, 3.63) is 40.0 Å². The first-order valence-electron chi connectivity index (χ1n) is 6.89. The molecule has 3 rings (SSSR count). The molecule has 2 heterocycles. The zero-order chi connectivity index (χ0) is 17.6. The van der Waals surface area contributed by atoms with Crippen molar-refractivity contribution in [2.45, 2.75) is 13.0 Å². The lowest BCUT2D eigenvalue weighted by atomic mass is 10.1. The Kier molecular flexibility index (Phi) is 3.88. The highest BCUT2D eigenvalue weighted by Gasteiger charge is 2.55. The summed E-state index contributed by atoms with van der Waals surface area (Å²) in [5.41, 5.74) is 2.56. The van der Waals surface area contributed by atoms with Crippen molar-refractivity contribution in [1.29, 1.82) is 0 Å². The van der Waals surface area contributed by atoms with Gasteiger partial charge in [-0.3, -0.25) is 19.8 Å². The predicted molar refractivity (Wildman–Crippen MR) is 85.1 cm³/mol. The van der Waals surface area contributed by atoms with Gasteiger partial charge in [0.2, 0.25) is 5.91 Å². The van der Waals surface area contributed by atoms with E-state index in [4.69, 9.17) is 0 Å². The Morgan fingerprint density at radius 3 is 2.38 bits per heavy atom. The van der Waals surface area contributed by atoms with Crippen LogP contribution in [0.2, 0.25) is 0 Å². The number of anilines is 1. The van der Waals surface area contributed by atoms with Gasteiger partial charge in [-0.2, -0.15) is 0 Å². The molecule has 1 N–H and O–H groups in total. The highest BCUT2D eigenvalue weighted by molar-refractivity contribution is 9.10. The molecule has 24 heavy (non-hydrogen) atoms. The number of ether oxygens (including phenoxy) is 1. The van der Waals surface area contributed by atoms with Crippen molar-refractivity contribution in [3.63, 3.8) is 0 Å². The van der Waals surface area contributed by atoms with Crippen molar-refractivity contribution >= 4 is 45.3 Å². The monoisotopic (exact) mass is 393 g/mol. The number of imide groups is 1. The number of halogens is 1. The summed E-state index contributed by atoms with van der Waals surface area (Å²) < 4.78 is 5.41. The Hall–Kier alpha value is -2.68. The second kappa shape index (κ2) is 5.75. The molecule has 3 amide bonds. The first kappa shape index (κ1) is 16.2. The van der Waals surface area contributed by atoms with Gasteiger partial charge in [-0.25, -0.2) is 14.7 Å². The molecule has 124 valence electrons. The molecule has 0 bridgehead atoms. The zero-order valence-corrected chi connectivity index (χ0v) is 14.3. The van der Waals surface area contributed by atoms with Crippen LogP contribution in [0, 0.1) is 0 Å². The maximum absolute atomic E-state index is 12.7. The van der Waals surface area contributed by atoms with Crippen LogP contribution in [0.25, 0.3) is 0 Å². The van der Waals surface area contributed by atoms with Crippen molar-refractivity contribution < 1.29 is 23.9 Å². The number of fused-ring (bicyclic) bond motifs is 1. The van der Waals surface area contributed by atoms with Crippen molar-refractivity contribution in [2.75, 3.05) is 12.0 Å². The Labute approximate surface area is 145 Å². The largest absolute Gasteiger partial charge is 0.464 e. The Morgan fingerprint density at radius 2 is 1.83 bits per heavy atom. The number of hydrogen-bond acceptors (Lipinski definition) is 6. The number of rotatable bonds is 2. The van der Waals surface area contributed by atoms with E-state index in [9.17, 15) is 19.2 Å². The number of esters is 1. The minimum absolute atomic E-state index is 0.0926. The molecular formula is C15H12BrN3O5. The van der Waals surface area contributed by atoms with Gasteiger partial charge in [0, 0.05) is 11.4 Å². The number of carbonyl (C=O) groups excluding carboxylic acids is 4. The molecule has 0 aliphatic carbocycles. The highest BCUT2D eigenvalue weighted by atomic mass is 79.9. The van der Waals surface area contributed by atoms with E-state index in [1.807, 2.05) is 0 Å².